The highest BCUT2D eigenvalue weighted by Crippen LogP contribution is 2.32. The van der Waals surface area contributed by atoms with Gasteiger partial charge in [-0.05, 0) is 44.7 Å². The average molecular weight is 305 g/mol. The van der Waals surface area contributed by atoms with E-state index in [-0.39, 0.29) is 10.7 Å². The average Bonchev–Trinajstić information content (AvgIpc) is 2.37. The van der Waals surface area contributed by atoms with Crippen LogP contribution in [0.1, 0.15) is 18.3 Å². The highest BCUT2D eigenvalue weighted by Gasteiger charge is 2.18. The molecular weight excluding hydrogens is 290 g/mol. The zero-order valence-electron chi connectivity index (χ0n) is 12.0. The molecule has 7 nitrogen and oxygen atoms in total. The van der Waals surface area contributed by atoms with E-state index >= 15 is 0 Å². The number of hydrogen-bond acceptors (Lipinski definition) is 7. The number of pyridine rings is 1. The van der Waals surface area contributed by atoms with Gasteiger partial charge in [0.15, 0.2) is 10.2 Å². The highest BCUT2D eigenvalue weighted by atomic mass is 32.2. The molecule has 0 saturated carbocycles. The molecule has 21 heavy (non-hydrogen) atoms. The number of rotatable bonds is 5. The summed E-state index contributed by atoms with van der Waals surface area (Å²) in [4.78, 5) is 23.5. The molecule has 8 heteroatoms. The van der Waals surface area contributed by atoms with E-state index in [1.807, 2.05) is 26.8 Å². The first-order valence-corrected chi connectivity index (χ1v) is 7.20. The van der Waals surface area contributed by atoms with E-state index < -0.39 is 4.92 Å². The Kier molecular flexibility index (Phi) is 4.69. The van der Waals surface area contributed by atoms with Gasteiger partial charge in [-0.15, -0.1) is 0 Å². The van der Waals surface area contributed by atoms with Crippen LogP contribution in [0.4, 0.5) is 11.5 Å². The maximum atomic E-state index is 11.1. The molecule has 0 radical (unpaired) electrons. The van der Waals surface area contributed by atoms with Gasteiger partial charge >= 0.3 is 5.69 Å². The van der Waals surface area contributed by atoms with Crippen LogP contribution in [0.5, 0.6) is 0 Å². The Labute approximate surface area is 126 Å². The third kappa shape index (κ3) is 3.88. The second-order valence-corrected chi connectivity index (χ2v) is 5.30. The first-order valence-electron chi connectivity index (χ1n) is 6.39. The van der Waals surface area contributed by atoms with E-state index in [1.165, 1.54) is 6.07 Å². The third-order valence-corrected chi connectivity index (χ3v) is 3.40. The quantitative estimate of drug-likeness (QED) is 0.515. The molecule has 0 amide bonds. The smallest absolute Gasteiger partial charge is 0.301 e. The van der Waals surface area contributed by atoms with Gasteiger partial charge in [0.1, 0.15) is 5.82 Å². The molecule has 0 aliphatic heterocycles. The number of nitro groups is 1. The van der Waals surface area contributed by atoms with Gasteiger partial charge in [0.05, 0.1) is 4.92 Å². The minimum atomic E-state index is -0.451. The SMILES string of the molecule is CCNc1ccc([N+](=O)[O-])c(Sc2nc(C)cc(C)n2)n1. The fourth-order valence-electron chi connectivity index (χ4n) is 1.75. The second kappa shape index (κ2) is 6.49. The van der Waals surface area contributed by atoms with E-state index in [0.717, 1.165) is 23.1 Å². The summed E-state index contributed by atoms with van der Waals surface area (Å²) in [7, 11) is 0. The summed E-state index contributed by atoms with van der Waals surface area (Å²) in [5.41, 5.74) is 1.58. The number of hydrogen-bond donors (Lipinski definition) is 1. The summed E-state index contributed by atoms with van der Waals surface area (Å²) in [5.74, 6) is 0.593. The monoisotopic (exact) mass is 305 g/mol. The van der Waals surface area contributed by atoms with Gasteiger partial charge in [0.2, 0.25) is 0 Å². The first-order chi connectivity index (χ1) is 9.99. The van der Waals surface area contributed by atoms with Crippen LogP contribution in [0.25, 0.3) is 0 Å². The minimum absolute atomic E-state index is 0.0515. The van der Waals surface area contributed by atoms with Gasteiger partial charge in [0, 0.05) is 24.0 Å². The van der Waals surface area contributed by atoms with E-state index in [1.54, 1.807) is 6.07 Å². The standard InChI is InChI=1S/C13H15N5O2S/c1-4-14-11-6-5-10(18(19)20)12(17-11)21-13-15-8(2)7-9(3)16-13/h5-7H,4H2,1-3H3,(H,14,17). The lowest BCUT2D eigenvalue weighted by Gasteiger charge is -2.06. The topological polar surface area (TPSA) is 93.8 Å². The molecule has 0 unspecified atom stereocenters. The summed E-state index contributed by atoms with van der Waals surface area (Å²) < 4.78 is 0. The van der Waals surface area contributed by atoms with Crippen LogP contribution < -0.4 is 5.32 Å². The molecule has 1 N–H and O–H groups in total. The van der Waals surface area contributed by atoms with Gasteiger partial charge in [-0.3, -0.25) is 10.1 Å². The van der Waals surface area contributed by atoms with Crippen molar-refractivity contribution in [1.29, 1.82) is 0 Å². The number of nitrogens with one attached hydrogen (secondary N) is 1. The lowest BCUT2D eigenvalue weighted by molar-refractivity contribution is -0.388. The Bertz CT molecular complexity index is 657. The molecule has 0 aliphatic rings. The summed E-state index contributed by atoms with van der Waals surface area (Å²) in [6, 6.07) is 4.88. The molecule has 0 atom stereocenters. The number of anilines is 1. The van der Waals surface area contributed by atoms with Gasteiger partial charge < -0.3 is 5.32 Å². The Morgan fingerprint density at radius 2 is 1.90 bits per heavy atom. The zero-order chi connectivity index (χ0) is 15.4. The van der Waals surface area contributed by atoms with Gasteiger partial charge in [-0.1, -0.05) is 0 Å². The second-order valence-electron chi connectivity index (χ2n) is 4.34. The Balaban J connectivity index is 2.40. The van der Waals surface area contributed by atoms with Gasteiger partial charge in [-0.25, -0.2) is 15.0 Å². The molecule has 2 aromatic heterocycles. The molecule has 0 aliphatic carbocycles. The van der Waals surface area contributed by atoms with Crippen molar-refractivity contribution in [3.05, 3.63) is 39.7 Å². The van der Waals surface area contributed by atoms with Crippen LogP contribution in [0.15, 0.2) is 28.4 Å². The normalized spacial score (nSPS) is 10.4. The maximum absolute atomic E-state index is 11.1. The minimum Gasteiger partial charge on any atom is -0.370 e. The predicted octanol–water partition coefficient (Wildman–Crippen LogP) is 2.98. The lowest BCUT2D eigenvalue weighted by Crippen LogP contribution is -2.02. The molecular formula is C13H15N5O2S. The molecule has 0 aromatic carbocycles. The van der Waals surface area contributed by atoms with E-state index in [2.05, 4.69) is 20.3 Å². The molecule has 110 valence electrons. The zero-order valence-corrected chi connectivity index (χ0v) is 12.8. The Morgan fingerprint density at radius 1 is 1.24 bits per heavy atom. The van der Waals surface area contributed by atoms with Gasteiger partial charge in [0.25, 0.3) is 0 Å². The Hall–Kier alpha value is -2.22. The highest BCUT2D eigenvalue weighted by molar-refractivity contribution is 7.99. The fraction of sp³-hybridized carbons (Fsp3) is 0.308. The van der Waals surface area contributed by atoms with Crippen molar-refractivity contribution < 1.29 is 4.92 Å². The summed E-state index contributed by atoms with van der Waals surface area (Å²) >= 11 is 1.10. The van der Waals surface area contributed by atoms with Crippen LogP contribution in [0.3, 0.4) is 0 Å². The van der Waals surface area contributed by atoms with Crippen molar-refractivity contribution in [2.24, 2.45) is 0 Å². The lowest BCUT2D eigenvalue weighted by atomic mass is 10.4. The van der Waals surface area contributed by atoms with E-state index in [0.29, 0.717) is 17.5 Å². The Morgan fingerprint density at radius 3 is 2.48 bits per heavy atom. The summed E-state index contributed by atoms with van der Waals surface area (Å²) in [6.45, 7) is 6.34. The van der Waals surface area contributed by atoms with Crippen LogP contribution in [-0.4, -0.2) is 26.4 Å². The fourth-order valence-corrected chi connectivity index (χ4v) is 2.70. The molecule has 2 aromatic rings. The molecule has 0 spiro atoms. The third-order valence-electron chi connectivity index (χ3n) is 2.54. The van der Waals surface area contributed by atoms with Crippen molar-refractivity contribution in [3.63, 3.8) is 0 Å². The number of aromatic nitrogens is 3. The number of aryl methyl sites for hydroxylation is 2. The van der Waals surface area contributed by atoms with E-state index in [9.17, 15) is 10.1 Å². The van der Waals surface area contributed by atoms with Crippen molar-refractivity contribution in [3.8, 4) is 0 Å². The maximum Gasteiger partial charge on any atom is 0.301 e. The van der Waals surface area contributed by atoms with Gasteiger partial charge in [-0.2, -0.15) is 0 Å². The van der Waals surface area contributed by atoms with Crippen molar-refractivity contribution in [2.45, 2.75) is 31.0 Å². The molecule has 0 saturated heterocycles. The summed E-state index contributed by atoms with van der Waals surface area (Å²) in [5, 5.41) is 14.9. The van der Waals surface area contributed by atoms with E-state index in [4.69, 9.17) is 0 Å². The molecule has 0 fully saturated rings. The van der Waals surface area contributed by atoms with Crippen molar-refractivity contribution >= 4 is 23.3 Å². The van der Waals surface area contributed by atoms with Crippen molar-refractivity contribution in [2.75, 3.05) is 11.9 Å². The molecule has 2 heterocycles. The molecule has 0 bridgehead atoms. The summed E-state index contributed by atoms with van der Waals surface area (Å²) in [6.07, 6.45) is 0. The largest absolute Gasteiger partial charge is 0.370 e. The predicted molar refractivity (Wildman–Crippen MR) is 80.7 cm³/mol. The first kappa shape index (κ1) is 15.2. The molecule has 2 rings (SSSR count). The van der Waals surface area contributed by atoms with Crippen LogP contribution in [0, 0.1) is 24.0 Å². The van der Waals surface area contributed by atoms with Crippen LogP contribution in [-0.2, 0) is 0 Å². The number of nitrogens with zero attached hydrogens (tertiary/aromatic N) is 4. The van der Waals surface area contributed by atoms with Crippen LogP contribution in [0.2, 0.25) is 0 Å². The van der Waals surface area contributed by atoms with Crippen LogP contribution >= 0.6 is 11.8 Å². The van der Waals surface area contributed by atoms with Crippen molar-refractivity contribution in [1.82, 2.24) is 15.0 Å².